The fourth-order valence-electron chi connectivity index (χ4n) is 2.54. The molecule has 0 N–H and O–H groups in total. The average Bonchev–Trinajstić information content (AvgIpc) is 2.96. The minimum Gasteiger partial charge on any atom is -0.490 e. The number of ether oxygens (including phenoxy) is 4. The number of rotatable bonds is 7. The van der Waals surface area contributed by atoms with Crippen LogP contribution in [-0.4, -0.2) is 50.0 Å². The molecule has 1 atom stereocenters. The van der Waals surface area contributed by atoms with E-state index in [-0.39, 0.29) is 12.1 Å². The summed E-state index contributed by atoms with van der Waals surface area (Å²) in [5.41, 5.74) is 0.512. The van der Waals surface area contributed by atoms with E-state index >= 15 is 0 Å². The van der Waals surface area contributed by atoms with Crippen molar-refractivity contribution >= 4 is 5.91 Å². The van der Waals surface area contributed by atoms with E-state index < -0.39 is 0 Å². The zero-order valence-corrected chi connectivity index (χ0v) is 14.3. The fourth-order valence-corrected chi connectivity index (χ4v) is 2.54. The second-order valence-corrected chi connectivity index (χ2v) is 5.07. The summed E-state index contributed by atoms with van der Waals surface area (Å²) in [6, 6.07) is 3.43. The molecule has 0 aliphatic carbocycles. The number of amides is 1. The molecule has 0 spiro atoms. The van der Waals surface area contributed by atoms with Crippen molar-refractivity contribution in [2.24, 2.45) is 0 Å². The fraction of sp³-hybridized carbons (Fsp3) is 0.588. The van der Waals surface area contributed by atoms with Gasteiger partial charge in [0.05, 0.1) is 26.4 Å². The molecular formula is C17H25NO5. The van der Waals surface area contributed by atoms with E-state index in [1.165, 1.54) is 0 Å². The highest BCUT2D eigenvalue weighted by molar-refractivity contribution is 5.96. The summed E-state index contributed by atoms with van der Waals surface area (Å²) in [6.45, 7) is 10.1. The van der Waals surface area contributed by atoms with Gasteiger partial charge in [0.25, 0.3) is 5.91 Å². The van der Waals surface area contributed by atoms with Crippen molar-refractivity contribution in [2.45, 2.75) is 33.9 Å². The van der Waals surface area contributed by atoms with Crippen molar-refractivity contribution in [1.82, 2.24) is 4.90 Å². The summed E-state index contributed by atoms with van der Waals surface area (Å²) in [5, 5.41) is 0. The summed E-state index contributed by atoms with van der Waals surface area (Å²) < 4.78 is 22.4. The average molecular weight is 323 g/mol. The van der Waals surface area contributed by atoms with Crippen LogP contribution in [0.3, 0.4) is 0 Å². The van der Waals surface area contributed by atoms with Gasteiger partial charge in [0, 0.05) is 12.1 Å². The first-order chi connectivity index (χ1) is 11.1. The molecule has 1 aliphatic heterocycles. The van der Waals surface area contributed by atoms with Crippen LogP contribution >= 0.6 is 0 Å². The second kappa shape index (κ2) is 8.06. The number of hydrogen-bond donors (Lipinski definition) is 0. The Bertz CT molecular complexity index is 519. The molecule has 0 aromatic heterocycles. The van der Waals surface area contributed by atoms with Crippen LogP contribution in [0.2, 0.25) is 0 Å². The normalized spacial score (nSPS) is 17.2. The Kier molecular flexibility index (Phi) is 6.10. The van der Waals surface area contributed by atoms with Gasteiger partial charge in [0.1, 0.15) is 6.23 Å². The van der Waals surface area contributed by atoms with Crippen molar-refractivity contribution in [2.75, 3.05) is 33.0 Å². The second-order valence-electron chi connectivity index (χ2n) is 5.07. The van der Waals surface area contributed by atoms with E-state index in [2.05, 4.69) is 0 Å². The van der Waals surface area contributed by atoms with Gasteiger partial charge < -0.3 is 23.8 Å². The number of carbonyl (C=O) groups excluding carboxylic acids is 1. The molecule has 1 aliphatic rings. The number of benzene rings is 1. The third-order valence-corrected chi connectivity index (χ3v) is 3.55. The van der Waals surface area contributed by atoms with Gasteiger partial charge in [-0.2, -0.15) is 0 Å². The van der Waals surface area contributed by atoms with Crippen LogP contribution in [0.15, 0.2) is 12.1 Å². The van der Waals surface area contributed by atoms with Crippen molar-refractivity contribution in [3.05, 3.63) is 17.7 Å². The first-order valence-electron chi connectivity index (χ1n) is 8.11. The minimum absolute atomic E-state index is 0.0973. The summed E-state index contributed by atoms with van der Waals surface area (Å²) in [7, 11) is 0. The first-order valence-corrected chi connectivity index (χ1v) is 8.11. The van der Waals surface area contributed by atoms with Gasteiger partial charge in [0.15, 0.2) is 11.5 Å². The molecule has 1 aromatic carbocycles. The Morgan fingerprint density at radius 2 is 1.70 bits per heavy atom. The van der Waals surface area contributed by atoms with Crippen LogP contribution in [0.5, 0.6) is 17.2 Å². The molecule has 1 unspecified atom stereocenters. The lowest BCUT2D eigenvalue weighted by molar-refractivity contribution is 0.0377. The van der Waals surface area contributed by atoms with E-state index in [9.17, 15) is 4.79 Å². The summed E-state index contributed by atoms with van der Waals surface area (Å²) in [6.07, 6.45) is -0.222. The van der Waals surface area contributed by atoms with E-state index in [1.54, 1.807) is 17.0 Å². The molecule has 1 amide bonds. The van der Waals surface area contributed by atoms with Crippen molar-refractivity contribution < 1.29 is 23.7 Å². The molecule has 6 nitrogen and oxygen atoms in total. The number of hydrogen-bond acceptors (Lipinski definition) is 5. The zero-order valence-electron chi connectivity index (χ0n) is 14.3. The topological polar surface area (TPSA) is 57.2 Å². The maximum Gasteiger partial charge on any atom is 0.256 e. The molecule has 23 heavy (non-hydrogen) atoms. The van der Waals surface area contributed by atoms with E-state index in [0.717, 1.165) is 0 Å². The van der Waals surface area contributed by atoms with Gasteiger partial charge in [-0.15, -0.1) is 0 Å². The van der Waals surface area contributed by atoms with Crippen LogP contribution in [0.4, 0.5) is 0 Å². The van der Waals surface area contributed by atoms with Crippen LogP contribution in [-0.2, 0) is 4.74 Å². The highest BCUT2D eigenvalue weighted by Crippen LogP contribution is 2.39. The molecule has 128 valence electrons. The third kappa shape index (κ3) is 3.88. The molecule has 0 bridgehead atoms. The lowest BCUT2D eigenvalue weighted by Crippen LogP contribution is -2.34. The third-order valence-electron chi connectivity index (χ3n) is 3.55. The summed E-state index contributed by atoms with van der Waals surface area (Å²) in [5.74, 6) is 1.49. The minimum atomic E-state index is -0.222. The molecule has 6 heteroatoms. The Morgan fingerprint density at radius 1 is 1.13 bits per heavy atom. The monoisotopic (exact) mass is 323 g/mol. The molecule has 1 fully saturated rings. The Labute approximate surface area is 137 Å². The highest BCUT2D eigenvalue weighted by atomic mass is 16.5. The molecule has 1 aromatic rings. The standard InChI is InChI=1S/C17H25NO5/c1-5-20-14-10-13(17(19)18-8-9-23-12(18)4)11-15(21-6-2)16(14)22-7-3/h10-12H,5-9H2,1-4H3. The SMILES string of the molecule is CCOc1cc(C(=O)N2CCOC2C)cc(OCC)c1OCC. The lowest BCUT2D eigenvalue weighted by atomic mass is 10.1. The van der Waals surface area contributed by atoms with Gasteiger partial charge >= 0.3 is 0 Å². The first kappa shape index (κ1) is 17.4. The zero-order chi connectivity index (χ0) is 16.8. The lowest BCUT2D eigenvalue weighted by Gasteiger charge is -2.22. The molecule has 2 rings (SSSR count). The Balaban J connectivity index is 2.40. The number of nitrogens with zero attached hydrogens (tertiary/aromatic N) is 1. The van der Waals surface area contributed by atoms with E-state index in [1.807, 2.05) is 27.7 Å². The predicted molar refractivity (Wildman–Crippen MR) is 86.4 cm³/mol. The molecular weight excluding hydrogens is 298 g/mol. The van der Waals surface area contributed by atoms with Gasteiger partial charge in [-0.25, -0.2) is 0 Å². The maximum absolute atomic E-state index is 12.7. The van der Waals surface area contributed by atoms with Crippen LogP contribution < -0.4 is 14.2 Å². The largest absolute Gasteiger partial charge is 0.490 e. The molecule has 0 radical (unpaired) electrons. The van der Waals surface area contributed by atoms with E-state index in [4.69, 9.17) is 18.9 Å². The number of carbonyl (C=O) groups is 1. The van der Waals surface area contributed by atoms with Crippen molar-refractivity contribution in [3.63, 3.8) is 0 Å². The smallest absolute Gasteiger partial charge is 0.256 e. The van der Waals surface area contributed by atoms with Gasteiger partial charge in [-0.1, -0.05) is 0 Å². The van der Waals surface area contributed by atoms with Crippen molar-refractivity contribution in [1.29, 1.82) is 0 Å². The Morgan fingerprint density at radius 3 is 2.13 bits per heavy atom. The maximum atomic E-state index is 12.7. The van der Waals surface area contributed by atoms with Gasteiger partial charge in [0.2, 0.25) is 5.75 Å². The van der Waals surface area contributed by atoms with E-state index in [0.29, 0.717) is 55.8 Å². The molecule has 1 saturated heterocycles. The molecule has 1 heterocycles. The quantitative estimate of drug-likeness (QED) is 0.772. The van der Waals surface area contributed by atoms with Gasteiger partial charge in [-0.05, 0) is 39.8 Å². The summed E-state index contributed by atoms with van der Waals surface area (Å²) >= 11 is 0. The predicted octanol–water partition coefficient (Wildman–Crippen LogP) is 2.70. The van der Waals surface area contributed by atoms with Crippen molar-refractivity contribution in [3.8, 4) is 17.2 Å². The van der Waals surface area contributed by atoms with Gasteiger partial charge in [-0.3, -0.25) is 4.79 Å². The summed E-state index contributed by atoms with van der Waals surface area (Å²) in [4.78, 5) is 14.4. The van der Waals surface area contributed by atoms with Crippen LogP contribution in [0.25, 0.3) is 0 Å². The molecule has 0 saturated carbocycles. The Hall–Kier alpha value is -1.95. The van der Waals surface area contributed by atoms with Crippen LogP contribution in [0.1, 0.15) is 38.1 Å². The highest BCUT2D eigenvalue weighted by Gasteiger charge is 2.28. The van der Waals surface area contributed by atoms with Crippen LogP contribution in [0, 0.1) is 0 Å².